The van der Waals surface area contributed by atoms with E-state index in [9.17, 15) is 14.0 Å². The lowest BCUT2D eigenvalue weighted by Gasteiger charge is -1.99. The highest BCUT2D eigenvalue weighted by Gasteiger charge is 2.10. The van der Waals surface area contributed by atoms with E-state index < -0.39 is 11.6 Å². The number of rotatable bonds is 3. The average Bonchev–Trinajstić information content (AvgIpc) is 2.09. The standard InChI is InChI=1S/C9H6BrFO2/c10-6-1-2-8(11)7(5-6)9(13)3-4-12/h1-2,4-5H,3H2. The van der Waals surface area contributed by atoms with Gasteiger partial charge in [-0.05, 0) is 18.2 Å². The number of Topliss-reactive ketones (excluding diaryl/α,β-unsaturated/α-hetero) is 1. The molecule has 0 aromatic heterocycles. The Kier molecular flexibility index (Phi) is 3.31. The molecule has 1 aromatic rings. The monoisotopic (exact) mass is 244 g/mol. The Morgan fingerprint density at radius 1 is 1.54 bits per heavy atom. The van der Waals surface area contributed by atoms with Crippen LogP contribution in [0.1, 0.15) is 16.8 Å². The molecule has 0 saturated carbocycles. The number of aldehydes is 1. The van der Waals surface area contributed by atoms with E-state index in [0.29, 0.717) is 10.8 Å². The van der Waals surface area contributed by atoms with E-state index in [2.05, 4.69) is 15.9 Å². The Hall–Kier alpha value is -1.03. The van der Waals surface area contributed by atoms with Crippen molar-refractivity contribution in [3.63, 3.8) is 0 Å². The van der Waals surface area contributed by atoms with Crippen LogP contribution in [0.2, 0.25) is 0 Å². The minimum atomic E-state index is -0.602. The Morgan fingerprint density at radius 3 is 2.85 bits per heavy atom. The van der Waals surface area contributed by atoms with E-state index in [0.717, 1.165) is 0 Å². The molecule has 0 amide bonds. The zero-order valence-electron chi connectivity index (χ0n) is 6.59. The summed E-state index contributed by atoms with van der Waals surface area (Å²) >= 11 is 3.11. The van der Waals surface area contributed by atoms with Crippen molar-refractivity contribution in [3.05, 3.63) is 34.1 Å². The van der Waals surface area contributed by atoms with Crippen LogP contribution in [0.25, 0.3) is 0 Å². The van der Waals surface area contributed by atoms with Crippen molar-refractivity contribution in [1.82, 2.24) is 0 Å². The second kappa shape index (κ2) is 4.28. The van der Waals surface area contributed by atoms with E-state index in [-0.39, 0.29) is 12.0 Å². The third-order valence-electron chi connectivity index (χ3n) is 1.50. The van der Waals surface area contributed by atoms with Gasteiger partial charge in [0.05, 0.1) is 12.0 Å². The summed E-state index contributed by atoms with van der Waals surface area (Å²) in [5.41, 5.74) is -0.0542. The molecule has 0 saturated heterocycles. The van der Waals surface area contributed by atoms with Gasteiger partial charge in [0, 0.05) is 4.47 Å². The van der Waals surface area contributed by atoms with Crippen LogP contribution < -0.4 is 0 Å². The molecule has 0 atom stereocenters. The lowest BCUT2D eigenvalue weighted by molar-refractivity contribution is -0.107. The fourth-order valence-corrected chi connectivity index (χ4v) is 1.26. The number of hydrogen-bond donors (Lipinski definition) is 0. The number of halogens is 2. The Morgan fingerprint density at radius 2 is 2.23 bits per heavy atom. The summed E-state index contributed by atoms with van der Waals surface area (Å²) in [6, 6.07) is 4.04. The van der Waals surface area contributed by atoms with Crippen molar-refractivity contribution in [1.29, 1.82) is 0 Å². The highest BCUT2D eigenvalue weighted by Crippen LogP contribution is 2.16. The predicted molar refractivity (Wildman–Crippen MR) is 49.1 cm³/mol. The van der Waals surface area contributed by atoms with Gasteiger partial charge in [0.25, 0.3) is 0 Å². The zero-order chi connectivity index (χ0) is 9.84. The van der Waals surface area contributed by atoms with Crippen LogP contribution in [0.3, 0.4) is 0 Å². The van der Waals surface area contributed by atoms with Crippen LogP contribution >= 0.6 is 15.9 Å². The minimum absolute atomic E-state index is 0.0542. The van der Waals surface area contributed by atoms with Gasteiger partial charge in [-0.2, -0.15) is 0 Å². The fraction of sp³-hybridized carbons (Fsp3) is 0.111. The van der Waals surface area contributed by atoms with Crippen LogP contribution in [-0.2, 0) is 4.79 Å². The smallest absolute Gasteiger partial charge is 0.172 e. The maximum absolute atomic E-state index is 13.0. The molecule has 0 aliphatic rings. The summed E-state index contributed by atoms with van der Waals surface area (Å²) in [6.07, 6.45) is 0.177. The van der Waals surface area contributed by atoms with Gasteiger partial charge in [-0.3, -0.25) is 4.79 Å². The average molecular weight is 245 g/mol. The summed E-state index contributed by atoms with van der Waals surface area (Å²) in [5.74, 6) is -1.11. The maximum atomic E-state index is 13.0. The van der Waals surface area contributed by atoms with Gasteiger partial charge in [-0.15, -0.1) is 0 Å². The van der Waals surface area contributed by atoms with E-state index in [1.54, 1.807) is 0 Å². The molecule has 1 rings (SSSR count). The molecular weight excluding hydrogens is 239 g/mol. The first-order valence-corrected chi connectivity index (χ1v) is 4.36. The summed E-state index contributed by atoms with van der Waals surface area (Å²) < 4.78 is 13.6. The van der Waals surface area contributed by atoms with Gasteiger partial charge in [-0.25, -0.2) is 4.39 Å². The molecule has 0 aliphatic carbocycles. The molecule has 68 valence electrons. The number of ketones is 1. The van der Waals surface area contributed by atoms with E-state index in [1.807, 2.05) is 0 Å². The third kappa shape index (κ3) is 2.45. The number of benzene rings is 1. The molecule has 0 heterocycles. The molecule has 0 aliphatic heterocycles. The van der Waals surface area contributed by atoms with Crippen molar-refractivity contribution in [2.45, 2.75) is 6.42 Å². The van der Waals surface area contributed by atoms with Gasteiger partial charge in [0.1, 0.15) is 12.1 Å². The minimum Gasteiger partial charge on any atom is -0.303 e. The Balaban J connectivity index is 3.05. The molecule has 0 radical (unpaired) electrons. The van der Waals surface area contributed by atoms with Crippen LogP contribution in [-0.4, -0.2) is 12.1 Å². The first kappa shape index (κ1) is 10.1. The first-order chi connectivity index (χ1) is 6.15. The SMILES string of the molecule is O=CCC(=O)c1cc(Br)ccc1F. The molecule has 0 N–H and O–H groups in total. The largest absolute Gasteiger partial charge is 0.303 e. The first-order valence-electron chi connectivity index (χ1n) is 3.57. The summed E-state index contributed by atoms with van der Waals surface area (Å²) in [6.45, 7) is 0. The van der Waals surface area contributed by atoms with Gasteiger partial charge in [-0.1, -0.05) is 15.9 Å². The summed E-state index contributed by atoms with van der Waals surface area (Å²) in [5, 5.41) is 0. The molecular formula is C9H6BrFO2. The second-order valence-electron chi connectivity index (χ2n) is 2.42. The normalized spacial score (nSPS) is 9.69. The Bertz CT molecular complexity index is 349. The quantitative estimate of drug-likeness (QED) is 0.465. The van der Waals surface area contributed by atoms with Gasteiger partial charge in [0.15, 0.2) is 5.78 Å². The number of hydrogen-bond acceptors (Lipinski definition) is 2. The van der Waals surface area contributed by atoms with Crippen molar-refractivity contribution < 1.29 is 14.0 Å². The third-order valence-corrected chi connectivity index (χ3v) is 1.99. The van der Waals surface area contributed by atoms with Crippen molar-refractivity contribution in [3.8, 4) is 0 Å². The molecule has 1 aromatic carbocycles. The van der Waals surface area contributed by atoms with Crippen LogP contribution in [0.5, 0.6) is 0 Å². The van der Waals surface area contributed by atoms with E-state index >= 15 is 0 Å². The second-order valence-corrected chi connectivity index (χ2v) is 3.33. The molecule has 2 nitrogen and oxygen atoms in total. The summed E-state index contributed by atoms with van der Waals surface area (Å²) in [7, 11) is 0. The zero-order valence-corrected chi connectivity index (χ0v) is 8.17. The fourth-order valence-electron chi connectivity index (χ4n) is 0.897. The van der Waals surface area contributed by atoms with Crippen LogP contribution in [0.4, 0.5) is 4.39 Å². The highest BCUT2D eigenvalue weighted by molar-refractivity contribution is 9.10. The number of carbonyl (C=O) groups excluding carboxylic acids is 2. The molecule has 0 unspecified atom stereocenters. The maximum Gasteiger partial charge on any atom is 0.172 e. The van der Waals surface area contributed by atoms with E-state index in [1.165, 1.54) is 18.2 Å². The van der Waals surface area contributed by atoms with Crippen molar-refractivity contribution in [2.24, 2.45) is 0 Å². The van der Waals surface area contributed by atoms with Crippen LogP contribution in [0, 0.1) is 5.82 Å². The molecule has 0 bridgehead atoms. The van der Waals surface area contributed by atoms with Gasteiger partial charge < -0.3 is 4.79 Å². The van der Waals surface area contributed by atoms with Crippen LogP contribution in [0.15, 0.2) is 22.7 Å². The Labute approximate surface area is 82.9 Å². The lowest BCUT2D eigenvalue weighted by Crippen LogP contribution is -2.02. The van der Waals surface area contributed by atoms with Crippen molar-refractivity contribution in [2.75, 3.05) is 0 Å². The van der Waals surface area contributed by atoms with Gasteiger partial charge in [0.2, 0.25) is 0 Å². The van der Waals surface area contributed by atoms with Gasteiger partial charge >= 0.3 is 0 Å². The lowest BCUT2D eigenvalue weighted by atomic mass is 10.1. The molecule has 13 heavy (non-hydrogen) atoms. The summed E-state index contributed by atoms with van der Waals surface area (Å²) in [4.78, 5) is 21.2. The molecule has 0 fully saturated rings. The van der Waals surface area contributed by atoms with E-state index in [4.69, 9.17) is 0 Å². The topological polar surface area (TPSA) is 34.1 Å². The number of carbonyl (C=O) groups is 2. The van der Waals surface area contributed by atoms with Crippen molar-refractivity contribution >= 4 is 28.0 Å². The highest BCUT2D eigenvalue weighted by atomic mass is 79.9. The molecule has 0 spiro atoms. The predicted octanol–water partition coefficient (Wildman–Crippen LogP) is 2.36. The molecule has 4 heteroatoms.